The molecular formula is C15H16BrClN2. The van der Waals surface area contributed by atoms with Crippen molar-refractivity contribution in [3.8, 4) is 0 Å². The monoisotopic (exact) mass is 338 g/mol. The maximum Gasteiger partial charge on any atom is 0.0622 e. The number of aromatic nitrogens is 1. The largest absolute Gasteiger partial charge is 0.310 e. The Labute approximate surface area is 127 Å². The van der Waals surface area contributed by atoms with Crippen molar-refractivity contribution in [3.63, 3.8) is 0 Å². The van der Waals surface area contributed by atoms with Crippen LogP contribution in [0.4, 0.5) is 0 Å². The first-order chi connectivity index (χ1) is 9.22. The number of nitrogens with zero attached hydrogens (tertiary/aromatic N) is 1. The van der Waals surface area contributed by atoms with Gasteiger partial charge in [-0.1, -0.05) is 52.7 Å². The average Bonchev–Trinajstić information content (AvgIpc) is 2.41. The summed E-state index contributed by atoms with van der Waals surface area (Å²) in [4.78, 5) is 4.03. The molecule has 0 radical (unpaired) electrons. The minimum Gasteiger partial charge on any atom is -0.310 e. The maximum absolute atomic E-state index is 6.19. The van der Waals surface area contributed by atoms with E-state index in [0.717, 1.165) is 28.0 Å². The van der Waals surface area contributed by atoms with E-state index in [4.69, 9.17) is 11.6 Å². The van der Waals surface area contributed by atoms with Gasteiger partial charge in [0.15, 0.2) is 0 Å². The predicted octanol–water partition coefficient (Wildman–Crippen LogP) is 4.39. The Morgan fingerprint density at radius 3 is 2.79 bits per heavy atom. The van der Waals surface area contributed by atoms with E-state index < -0.39 is 0 Å². The van der Waals surface area contributed by atoms with E-state index >= 15 is 0 Å². The van der Waals surface area contributed by atoms with Crippen molar-refractivity contribution in [2.45, 2.75) is 19.4 Å². The van der Waals surface area contributed by atoms with Gasteiger partial charge >= 0.3 is 0 Å². The van der Waals surface area contributed by atoms with E-state index in [9.17, 15) is 0 Å². The van der Waals surface area contributed by atoms with Crippen molar-refractivity contribution >= 4 is 27.5 Å². The SMILES string of the molecule is CCNC(Cc1ccncc1Cl)c1ccccc1Br. The standard InChI is InChI=1S/C15H16BrClN2/c1-2-19-15(12-5-3-4-6-13(12)16)9-11-7-8-18-10-14(11)17/h3-8,10,15,19H,2,9H2,1H3. The summed E-state index contributed by atoms with van der Waals surface area (Å²) in [5, 5.41) is 4.23. The average molecular weight is 340 g/mol. The van der Waals surface area contributed by atoms with Crippen molar-refractivity contribution in [3.05, 3.63) is 63.3 Å². The van der Waals surface area contributed by atoms with E-state index in [0.29, 0.717) is 0 Å². The summed E-state index contributed by atoms with van der Waals surface area (Å²) in [7, 11) is 0. The Balaban J connectivity index is 2.27. The molecule has 1 unspecified atom stereocenters. The molecule has 100 valence electrons. The molecule has 1 aromatic carbocycles. The third-order valence-electron chi connectivity index (χ3n) is 3.01. The number of likely N-dealkylation sites (N-methyl/N-ethyl adjacent to an activating group) is 1. The highest BCUT2D eigenvalue weighted by Gasteiger charge is 2.15. The molecule has 0 saturated heterocycles. The minimum absolute atomic E-state index is 0.237. The third-order valence-corrected chi connectivity index (χ3v) is 4.07. The smallest absolute Gasteiger partial charge is 0.0622 e. The summed E-state index contributed by atoms with van der Waals surface area (Å²) in [6.45, 7) is 3.02. The van der Waals surface area contributed by atoms with E-state index in [1.165, 1.54) is 5.56 Å². The second kappa shape index (κ2) is 7.04. The Morgan fingerprint density at radius 1 is 1.32 bits per heavy atom. The highest BCUT2D eigenvalue weighted by Crippen LogP contribution is 2.27. The number of hydrogen-bond donors (Lipinski definition) is 1. The Morgan fingerprint density at radius 2 is 2.11 bits per heavy atom. The summed E-state index contributed by atoms with van der Waals surface area (Å²) >= 11 is 9.81. The molecule has 0 saturated carbocycles. The van der Waals surface area contributed by atoms with E-state index in [2.05, 4.69) is 51.4 Å². The molecule has 0 amide bonds. The summed E-state index contributed by atoms with van der Waals surface area (Å²) in [6, 6.07) is 10.5. The van der Waals surface area contributed by atoms with E-state index in [1.54, 1.807) is 12.4 Å². The Bertz CT molecular complexity index is 545. The summed E-state index contributed by atoms with van der Waals surface area (Å²) in [5.74, 6) is 0. The minimum atomic E-state index is 0.237. The molecule has 0 aliphatic carbocycles. The number of halogens is 2. The topological polar surface area (TPSA) is 24.9 Å². The third kappa shape index (κ3) is 3.78. The van der Waals surface area contributed by atoms with Crippen LogP contribution in [-0.2, 0) is 6.42 Å². The fourth-order valence-electron chi connectivity index (χ4n) is 2.09. The van der Waals surface area contributed by atoms with Crippen LogP contribution >= 0.6 is 27.5 Å². The summed E-state index contributed by atoms with van der Waals surface area (Å²) < 4.78 is 1.12. The molecule has 4 heteroatoms. The van der Waals surface area contributed by atoms with Crippen molar-refractivity contribution in [2.24, 2.45) is 0 Å². The molecule has 0 spiro atoms. The lowest BCUT2D eigenvalue weighted by atomic mass is 9.99. The van der Waals surface area contributed by atoms with Crippen LogP contribution in [0.25, 0.3) is 0 Å². The van der Waals surface area contributed by atoms with Gasteiger partial charge in [0, 0.05) is 22.9 Å². The molecule has 0 aliphatic rings. The first kappa shape index (κ1) is 14.5. The zero-order chi connectivity index (χ0) is 13.7. The number of pyridine rings is 1. The maximum atomic E-state index is 6.19. The van der Waals surface area contributed by atoms with Gasteiger partial charge in [-0.05, 0) is 36.2 Å². The lowest BCUT2D eigenvalue weighted by molar-refractivity contribution is 0.548. The van der Waals surface area contributed by atoms with Gasteiger partial charge in [0.25, 0.3) is 0 Å². The van der Waals surface area contributed by atoms with Crippen molar-refractivity contribution < 1.29 is 0 Å². The zero-order valence-electron chi connectivity index (χ0n) is 10.7. The van der Waals surface area contributed by atoms with E-state index in [1.807, 2.05) is 12.1 Å². The van der Waals surface area contributed by atoms with Crippen molar-refractivity contribution in [1.29, 1.82) is 0 Å². The molecule has 2 aromatic rings. The highest BCUT2D eigenvalue weighted by atomic mass is 79.9. The summed E-state index contributed by atoms with van der Waals surface area (Å²) in [5.41, 5.74) is 2.36. The van der Waals surface area contributed by atoms with Crippen LogP contribution in [0.1, 0.15) is 24.1 Å². The number of nitrogens with one attached hydrogen (secondary N) is 1. The molecule has 2 nitrogen and oxygen atoms in total. The van der Waals surface area contributed by atoms with Gasteiger partial charge in [-0.2, -0.15) is 0 Å². The van der Waals surface area contributed by atoms with Gasteiger partial charge in [-0.15, -0.1) is 0 Å². The fraction of sp³-hybridized carbons (Fsp3) is 0.267. The molecule has 2 rings (SSSR count). The molecular weight excluding hydrogens is 324 g/mol. The van der Waals surface area contributed by atoms with Crippen LogP contribution in [0.2, 0.25) is 5.02 Å². The second-order valence-corrected chi connectivity index (χ2v) is 5.56. The van der Waals surface area contributed by atoms with Crippen molar-refractivity contribution in [2.75, 3.05) is 6.54 Å². The van der Waals surface area contributed by atoms with E-state index in [-0.39, 0.29) is 6.04 Å². The first-order valence-electron chi connectivity index (χ1n) is 6.28. The van der Waals surface area contributed by atoms with Gasteiger partial charge in [-0.3, -0.25) is 4.98 Å². The van der Waals surface area contributed by atoms with Crippen molar-refractivity contribution in [1.82, 2.24) is 10.3 Å². The van der Waals surface area contributed by atoms with Crippen LogP contribution in [0, 0.1) is 0 Å². The first-order valence-corrected chi connectivity index (χ1v) is 7.45. The molecule has 19 heavy (non-hydrogen) atoms. The number of hydrogen-bond acceptors (Lipinski definition) is 2. The Hall–Kier alpha value is -0.900. The van der Waals surface area contributed by atoms with Crippen LogP contribution in [-0.4, -0.2) is 11.5 Å². The second-order valence-electron chi connectivity index (χ2n) is 4.30. The highest BCUT2D eigenvalue weighted by molar-refractivity contribution is 9.10. The number of benzene rings is 1. The molecule has 0 fully saturated rings. The van der Waals surface area contributed by atoms with Crippen LogP contribution in [0.15, 0.2) is 47.2 Å². The lowest BCUT2D eigenvalue weighted by Crippen LogP contribution is -2.23. The van der Waals surface area contributed by atoms with Gasteiger partial charge in [0.05, 0.1) is 5.02 Å². The molecule has 1 aromatic heterocycles. The molecule has 1 N–H and O–H groups in total. The molecule has 0 aliphatic heterocycles. The van der Waals surface area contributed by atoms with Crippen LogP contribution in [0.3, 0.4) is 0 Å². The van der Waals surface area contributed by atoms with Gasteiger partial charge in [-0.25, -0.2) is 0 Å². The van der Waals surface area contributed by atoms with Gasteiger partial charge < -0.3 is 5.32 Å². The summed E-state index contributed by atoms with van der Waals surface area (Å²) in [6.07, 6.45) is 4.32. The molecule has 1 atom stereocenters. The van der Waals surface area contributed by atoms with Gasteiger partial charge in [0.1, 0.15) is 0 Å². The fourth-order valence-corrected chi connectivity index (χ4v) is 2.84. The Kier molecular flexibility index (Phi) is 5.37. The number of rotatable bonds is 5. The van der Waals surface area contributed by atoms with Gasteiger partial charge in [0.2, 0.25) is 0 Å². The molecule has 0 bridgehead atoms. The normalized spacial score (nSPS) is 12.4. The molecule has 1 heterocycles. The van der Waals surface area contributed by atoms with Crippen LogP contribution < -0.4 is 5.32 Å². The predicted molar refractivity (Wildman–Crippen MR) is 83.5 cm³/mol. The lowest BCUT2D eigenvalue weighted by Gasteiger charge is -2.20. The van der Waals surface area contributed by atoms with Crippen LogP contribution in [0.5, 0.6) is 0 Å². The quantitative estimate of drug-likeness (QED) is 0.874. The zero-order valence-corrected chi connectivity index (χ0v) is 13.1.